The van der Waals surface area contributed by atoms with Crippen LogP contribution in [0.1, 0.15) is 13.8 Å². The molecule has 0 radical (unpaired) electrons. The highest BCUT2D eigenvalue weighted by Crippen LogP contribution is 2.03. The lowest BCUT2D eigenvalue weighted by Gasteiger charge is -2.34. The molecule has 1 fully saturated rings. The fourth-order valence-corrected chi connectivity index (χ4v) is 1.55. The van der Waals surface area contributed by atoms with Crippen LogP contribution < -0.4 is 0 Å². The lowest BCUT2D eigenvalue weighted by molar-refractivity contribution is -0.141. The van der Waals surface area contributed by atoms with Crippen molar-refractivity contribution in [3.8, 4) is 0 Å². The molecule has 4 nitrogen and oxygen atoms in total. The molecule has 0 unspecified atom stereocenters. The molecule has 1 heterocycles. The van der Waals surface area contributed by atoms with E-state index in [9.17, 15) is 4.79 Å². The highest BCUT2D eigenvalue weighted by molar-refractivity contribution is 5.80. The first kappa shape index (κ1) is 10.5. The lowest BCUT2D eigenvalue weighted by Crippen LogP contribution is -2.50. The molecule has 0 aromatic rings. The molecule has 0 saturated carbocycles. The van der Waals surface area contributed by atoms with Crippen LogP contribution >= 0.6 is 0 Å². The Morgan fingerprint density at radius 1 is 1.38 bits per heavy atom. The van der Waals surface area contributed by atoms with Crippen LogP contribution in [0.3, 0.4) is 0 Å². The second-order valence-corrected chi connectivity index (χ2v) is 3.44. The summed E-state index contributed by atoms with van der Waals surface area (Å²) in [5, 5.41) is 9.09. The highest BCUT2D eigenvalue weighted by atomic mass is 16.3. The van der Waals surface area contributed by atoms with Crippen molar-refractivity contribution < 1.29 is 9.90 Å². The third kappa shape index (κ3) is 2.67. The molecule has 0 bridgehead atoms. The number of hydrogen-bond acceptors (Lipinski definition) is 3. The summed E-state index contributed by atoms with van der Waals surface area (Å²) in [5.41, 5.74) is 0. The van der Waals surface area contributed by atoms with Crippen LogP contribution in [-0.2, 0) is 4.79 Å². The molecular formula is C9H18N2O2. The Labute approximate surface area is 79.1 Å². The first-order valence-electron chi connectivity index (χ1n) is 4.84. The minimum Gasteiger partial charge on any atom is -0.384 e. The number of nitrogens with zero attached hydrogens (tertiary/aromatic N) is 2. The Balaban J connectivity index is 2.36. The fraction of sp³-hybridized carbons (Fsp3) is 0.889. The summed E-state index contributed by atoms with van der Waals surface area (Å²) >= 11 is 0. The number of piperazine rings is 1. The molecule has 4 heteroatoms. The molecule has 13 heavy (non-hydrogen) atoms. The molecular weight excluding hydrogens is 168 g/mol. The van der Waals surface area contributed by atoms with Gasteiger partial charge in [-0.05, 0) is 13.5 Å². The summed E-state index contributed by atoms with van der Waals surface area (Å²) in [6.45, 7) is 8.02. The number of aliphatic hydroxyl groups excluding tert-OH is 1. The summed E-state index contributed by atoms with van der Waals surface area (Å²) in [5.74, 6) is -0.143. The Hall–Kier alpha value is -0.610. The number of amides is 1. The van der Waals surface area contributed by atoms with Crippen LogP contribution in [0.4, 0.5) is 0 Å². The van der Waals surface area contributed by atoms with Crippen LogP contribution in [0.2, 0.25) is 0 Å². The second kappa shape index (κ2) is 4.58. The highest BCUT2D eigenvalue weighted by Gasteiger charge is 2.22. The predicted octanol–water partition coefficient (Wildman–Crippen LogP) is -0.469. The van der Waals surface area contributed by atoms with Gasteiger partial charge in [0.15, 0.2) is 0 Å². The Bertz CT molecular complexity index is 174. The Morgan fingerprint density at radius 2 is 1.92 bits per heavy atom. The Morgan fingerprint density at radius 3 is 2.31 bits per heavy atom. The largest absolute Gasteiger partial charge is 0.384 e. The summed E-state index contributed by atoms with van der Waals surface area (Å²) in [6.07, 6.45) is -0.854. The third-order valence-electron chi connectivity index (χ3n) is 2.49. The van der Waals surface area contributed by atoms with Gasteiger partial charge in [0.05, 0.1) is 0 Å². The quantitative estimate of drug-likeness (QED) is 0.634. The van der Waals surface area contributed by atoms with Crippen molar-refractivity contribution in [2.24, 2.45) is 0 Å². The Kier molecular flexibility index (Phi) is 3.69. The maximum Gasteiger partial charge on any atom is 0.251 e. The van der Waals surface area contributed by atoms with Crippen LogP contribution in [0.25, 0.3) is 0 Å². The molecule has 1 amide bonds. The molecule has 0 spiro atoms. The minimum atomic E-state index is -0.854. The maximum absolute atomic E-state index is 11.4. The van der Waals surface area contributed by atoms with Gasteiger partial charge < -0.3 is 14.9 Å². The number of likely N-dealkylation sites (N-methyl/N-ethyl adjacent to an activating group) is 1. The van der Waals surface area contributed by atoms with E-state index in [0.29, 0.717) is 0 Å². The molecule has 1 saturated heterocycles. The maximum atomic E-state index is 11.4. The van der Waals surface area contributed by atoms with Crippen LogP contribution in [0, 0.1) is 0 Å². The van der Waals surface area contributed by atoms with E-state index in [1.54, 1.807) is 4.90 Å². The van der Waals surface area contributed by atoms with Crippen molar-refractivity contribution in [3.63, 3.8) is 0 Å². The van der Waals surface area contributed by atoms with E-state index in [-0.39, 0.29) is 5.91 Å². The van der Waals surface area contributed by atoms with E-state index in [0.717, 1.165) is 32.7 Å². The van der Waals surface area contributed by atoms with E-state index in [1.165, 1.54) is 6.92 Å². The van der Waals surface area contributed by atoms with E-state index < -0.39 is 6.10 Å². The lowest BCUT2D eigenvalue weighted by atomic mass is 10.2. The van der Waals surface area contributed by atoms with E-state index in [1.807, 2.05) is 0 Å². The van der Waals surface area contributed by atoms with Gasteiger partial charge >= 0.3 is 0 Å². The predicted molar refractivity (Wildman–Crippen MR) is 50.4 cm³/mol. The fourth-order valence-electron chi connectivity index (χ4n) is 1.55. The van der Waals surface area contributed by atoms with Crippen molar-refractivity contribution in [3.05, 3.63) is 0 Å². The zero-order valence-corrected chi connectivity index (χ0v) is 8.36. The topological polar surface area (TPSA) is 43.8 Å². The van der Waals surface area contributed by atoms with Crippen LogP contribution in [0.15, 0.2) is 0 Å². The van der Waals surface area contributed by atoms with Gasteiger partial charge in [-0.15, -0.1) is 0 Å². The SMILES string of the molecule is CCN1CCN(C(=O)[C@H](C)O)CC1. The first-order valence-corrected chi connectivity index (χ1v) is 4.84. The first-order chi connectivity index (χ1) is 6.15. The standard InChI is InChI=1S/C9H18N2O2/c1-3-10-4-6-11(7-5-10)9(13)8(2)12/h8,12H,3-7H2,1-2H3/t8-/m0/s1. The molecule has 1 N–H and O–H groups in total. The van der Waals surface area contributed by atoms with Gasteiger partial charge in [0, 0.05) is 26.2 Å². The number of hydrogen-bond donors (Lipinski definition) is 1. The second-order valence-electron chi connectivity index (χ2n) is 3.44. The van der Waals surface area contributed by atoms with Crippen LogP contribution in [0.5, 0.6) is 0 Å². The van der Waals surface area contributed by atoms with Crippen LogP contribution in [-0.4, -0.2) is 59.6 Å². The zero-order valence-electron chi connectivity index (χ0n) is 8.36. The van der Waals surface area contributed by atoms with Gasteiger partial charge in [-0.3, -0.25) is 4.79 Å². The monoisotopic (exact) mass is 186 g/mol. The minimum absolute atomic E-state index is 0.143. The average Bonchev–Trinajstić information content (AvgIpc) is 2.17. The van der Waals surface area contributed by atoms with Crippen molar-refractivity contribution in [1.29, 1.82) is 0 Å². The van der Waals surface area contributed by atoms with Gasteiger partial charge in [0.2, 0.25) is 0 Å². The summed E-state index contributed by atoms with van der Waals surface area (Å²) in [4.78, 5) is 15.4. The normalized spacial score (nSPS) is 21.6. The number of carbonyl (C=O) groups excluding carboxylic acids is 1. The zero-order chi connectivity index (χ0) is 9.84. The molecule has 1 atom stereocenters. The van der Waals surface area contributed by atoms with Crippen molar-refractivity contribution in [2.75, 3.05) is 32.7 Å². The van der Waals surface area contributed by atoms with Crippen molar-refractivity contribution >= 4 is 5.91 Å². The number of aliphatic hydroxyl groups is 1. The van der Waals surface area contributed by atoms with E-state index in [4.69, 9.17) is 5.11 Å². The summed E-state index contributed by atoms with van der Waals surface area (Å²) in [6, 6.07) is 0. The van der Waals surface area contributed by atoms with Crippen molar-refractivity contribution in [2.45, 2.75) is 20.0 Å². The molecule has 0 aromatic carbocycles. The molecule has 76 valence electrons. The smallest absolute Gasteiger partial charge is 0.251 e. The number of rotatable bonds is 2. The summed E-state index contributed by atoms with van der Waals surface area (Å²) < 4.78 is 0. The summed E-state index contributed by atoms with van der Waals surface area (Å²) in [7, 11) is 0. The van der Waals surface area contributed by atoms with Gasteiger partial charge in [0.25, 0.3) is 5.91 Å². The molecule has 1 aliphatic rings. The molecule has 1 aliphatic heterocycles. The number of carbonyl (C=O) groups is 1. The third-order valence-corrected chi connectivity index (χ3v) is 2.49. The van der Waals surface area contributed by atoms with Gasteiger partial charge in [-0.1, -0.05) is 6.92 Å². The molecule has 1 rings (SSSR count). The van der Waals surface area contributed by atoms with E-state index in [2.05, 4.69) is 11.8 Å². The van der Waals surface area contributed by atoms with Gasteiger partial charge in [-0.25, -0.2) is 0 Å². The van der Waals surface area contributed by atoms with Crippen molar-refractivity contribution in [1.82, 2.24) is 9.80 Å². The molecule has 0 aliphatic carbocycles. The average molecular weight is 186 g/mol. The molecule has 0 aromatic heterocycles. The van der Waals surface area contributed by atoms with Gasteiger partial charge in [0.1, 0.15) is 6.10 Å². The van der Waals surface area contributed by atoms with E-state index >= 15 is 0 Å². The van der Waals surface area contributed by atoms with Gasteiger partial charge in [-0.2, -0.15) is 0 Å².